The normalized spacial score (nSPS) is 17.1. The maximum atomic E-state index is 12.4. The van der Waals surface area contributed by atoms with E-state index in [1.54, 1.807) is 24.3 Å². The number of ether oxygens (including phenoxy) is 1. The Hall–Kier alpha value is -2.78. The molecule has 0 aromatic heterocycles. The lowest BCUT2D eigenvalue weighted by Gasteiger charge is -2.18. The monoisotopic (exact) mass is 388 g/mol. The first-order valence-corrected chi connectivity index (χ1v) is 8.20. The molecule has 0 bridgehead atoms. The Morgan fingerprint density at radius 2 is 1.93 bits per heavy atom. The number of nitrogens with zero attached hydrogens (tertiary/aromatic N) is 1. The first-order chi connectivity index (χ1) is 12.6. The summed E-state index contributed by atoms with van der Waals surface area (Å²) < 4.78 is 42.2. The molecule has 2 N–H and O–H groups in total. The van der Waals surface area contributed by atoms with Gasteiger partial charge < -0.3 is 20.1 Å². The first-order valence-electron chi connectivity index (χ1n) is 8.20. The van der Waals surface area contributed by atoms with Gasteiger partial charge in [0.25, 0.3) is 0 Å². The van der Waals surface area contributed by atoms with Crippen LogP contribution in [0, 0.1) is 5.92 Å². The van der Waals surface area contributed by atoms with Crippen LogP contribution < -0.4 is 10.1 Å². The van der Waals surface area contributed by atoms with Crippen LogP contribution in [0.25, 0.3) is 0 Å². The van der Waals surface area contributed by atoms with Crippen molar-refractivity contribution in [3.63, 3.8) is 0 Å². The van der Waals surface area contributed by atoms with Crippen LogP contribution in [-0.2, 0) is 20.8 Å². The van der Waals surface area contributed by atoms with Crippen molar-refractivity contribution in [3.8, 4) is 5.75 Å². The molecule has 1 aliphatic heterocycles. The van der Waals surface area contributed by atoms with Gasteiger partial charge in [0, 0.05) is 19.5 Å². The number of carboxylic acid groups (broad SMARTS) is 1. The van der Waals surface area contributed by atoms with Crippen molar-refractivity contribution in [2.45, 2.75) is 19.0 Å². The highest BCUT2D eigenvalue weighted by molar-refractivity contribution is 5.89. The number of amides is 2. The molecule has 7 nitrogen and oxygen atoms in total. The molecule has 0 unspecified atom stereocenters. The van der Waals surface area contributed by atoms with E-state index in [1.165, 1.54) is 0 Å². The highest BCUT2D eigenvalue weighted by Gasteiger charge is 2.40. The van der Waals surface area contributed by atoms with E-state index in [-0.39, 0.29) is 19.5 Å². The van der Waals surface area contributed by atoms with Crippen LogP contribution in [0.5, 0.6) is 5.75 Å². The van der Waals surface area contributed by atoms with Gasteiger partial charge in [0.15, 0.2) is 6.61 Å². The van der Waals surface area contributed by atoms with Crippen LogP contribution >= 0.6 is 0 Å². The fourth-order valence-electron chi connectivity index (χ4n) is 2.69. The predicted molar refractivity (Wildman–Crippen MR) is 87.0 cm³/mol. The predicted octanol–water partition coefficient (Wildman–Crippen LogP) is 1.22. The summed E-state index contributed by atoms with van der Waals surface area (Å²) in [6, 6.07) is 6.64. The van der Waals surface area contributed by atoms with Gasteiger partial charge in [0.2, 0.25) is 11.8 Å². The largest absolute Gasteiger partial charge is 0.482 e. The molecule has 1 aromatic carbocycles. The van der Waals surface area contributed by atoms with Gasteiger partial charge in [0.1, 0.15) is 12.3 Å². The van der Waals surface area contributed by atoms with Crippen LogP contribution in [0.1, 0.15) is 12.0 Å². The zero-order chi connectivity index (χ0) is 20.0. The summed E-state index contributed by atoms with van der Waals surface area (Å²) in [5.74, 6) is -2.59. The summed E-state index contributed by atoms with van der Waals surface area (Å²) in [6.07, 6.45) is -4.24. The Bertz CT molecular complexity index is 691. The minimum Gasteiger partial charge on any atom is -0.482 e. The first kappa shape index (κ1) is 20.5. The van der Waals surface area contributed by atoms with Gasteiger partial charge in [-0.25, -0.2) is 4.79 Å². The third-order valence-corrected chi connectivity index (χ3v) is 3.95. The molecule has 1 atom stereocenters. The van der Waals surface area contributed by atoms with E-state index < -0.39 is 43.0 Å². The zero-order valence-corrected chi connectivity index (χ0v) is 14.3. The maximum absolute atomic E-state index is 12.4. The van der Waals surface area contributed by atoms with Gasteiger partial charge in [-0.05, 0) is 24.1 Å². The smallest absolute Gasteiger partial charge is 0.406 e. The molecule has 0 saturated carbocycles. The number of carbonyl (C=O) groups excluding carboxylic acids is 2. The van der Waals surface area contributed by atoms with Crippen LogP contribution in [0.3, 0.4) is 0 Å². The minimum absolute atomic E-state index is 0.225. The Kier molecular flexibility index (Phi) is 6.65. The van der Waals surface area contributed by atoms with Crippen LogP contribution in [0.4, 0.5) is 13.2 Å². The molecule has 1 aliphatic rings. The quantitative estimate of drug-likeness (QED) is 0.698. The van der Waals surface area contributed by atoms with Crippen molar-refractivity contribution in [1.82, 2.24) is 10.2 Å². The van der Waals surface area contributed by atoms with E-state index in [0.717, 1.165) is 5.56 Å². The molecule has 0 spiro atoms. The second-order valence-electron chi connectivity index (χ2n) is 6.16. The van der Waals surface area contributed by atoms with Crippen molar-refractivity contribution in [2.24, 2.45) is 5.92 Å². The zero-order valence-electron chi connectivity index (χ0n) is 14.3. The number of carboxylic acids is 1. The third-order valence-electron chi connectivity index (χ3n) is 3.95. The van der Waals surface area contributed by atoms with Crippen molar-refractivity contribution in [2.75, 3.05) is 26.2 Å². The fourth-order valence-corrected chi connectivity index (χ4v) is 2.69. The minimum atomic E-state index is -4.48. The number of hydrogen-bond donors (Lipinski definition) is 2. The Morgan fingerprint density at radius 1 is 1.26 bits per heavy atom. The molecule has 1 heterocycles. The standard InChI is InChI=1S/C17H19F3N2O5/c18-17(19,20)10-22-8-12(7-14(22)23)16(26)21-6-5-11-1-3-13(4-2-11)27-9-15(24)25/h1-4,12H,5-10H2,(H,21,26)(H,24,25)/t12-/m0/s1. The number of aliphatic carboxylic acids is 1. The van der Waals surface area contributed by atoms with E-state index in [0.29, 0.717) is 17.1 Å². The molecule has 1 saturated heterocycles. The average Bonchev–Trinajstić information content (AvgIpc) is 2.93. The fraction of sp³-hybridized carbons (Fsp3) is 0.471. The molecular formula is C17H19F3N2O5. The second-order valence-corrected chi connectivity index (χ2v) is 6.16. The van der Waals surface area contributed by atoms with Crippen LogP contribution in [0.15, 0.2) is 24.3 Å². The highest BCUT2D eigenvalue weighted by atomic mass is 19.4. The Labute approximate surface area is 153 Å². The summed E-state index contributed by atoms with van der Waals surface area (Å²) in [6.45, 7) is -1.76. The van der Waals surface area contributed by atoms with E-state index in [2.05, 4.69) is 5.32 Å². The van der Waals surface area contributed by atoms with Gasteiger partial charge in [-0.15, -0.1) is 0 Å². The topological polar surface area (TPSA) is 95.9 Å². The second kappa shape index (κ2) is 8.74. The number of nitrogens with one attached hydrogen (secondary N) is 1. The molecule has 0 radical (unpaired) electrons. The van der Waals surface area contributed by atoms with Gasteiger partial charge in [-0.2, -0.15) is 13.2 Å². The third kappa shape index (κ3) is 6.80. The lowest BCUT2D eigenvalue weighted by atomic mass is 10.1. The van der Waals surface area contributed by atoms with E-state index >= 15 is 0 Å². The van der Waals surface area contributed by atoms with Gasteiger partial charge >= 0.3 is 12.1 Å². The maximum Gasteiger partial charge on any atom is 0.406 e. The number of hydrogen-bond acceptors (Lipinski definition) is 4. The molecule has 2 rings (SSSR count). The van der Waals surface area contributed by atoms with Crippen molar-refractivity contribution >= 4 is 17.8 Å². The lowest BCUT2D eigenvalue weighted by molar-refractivity contribution is -0.157. The Morgan fingerprint density at radius 3 is 2.52 bits per heavy atom. The van der Waals surface area contributed by atoms with Crippen molar-refractivity contribution in [3.05, 3.63) is 29.8 Å². The average molecular weight is 388 g/mol. The number of halogens is 3. The SMILES string of the molecule is O=C(O)COc1ccc(CCNC(=O)[C@H]2CC(=O)N(CC(F)(F)F)C2)cc1. The van der Waals surface area contributed by atoms with Crippen molar-refractivity contribution in [1.29, 1.82) is 0 Å². The van der Waals surface area contributed by atoms with Crippen LogP contribution in [-0.4, -0.2) is 60.2 Å². The van der Waals surface area contributed by atoms with E-state index in [1.807, 2.05) is 0 Å². The van der Waals surface area contributed by atoms with Gasteiger partial charge in [-0.3, -0.25) is 9.59 Å². The molecule has 1 fully saturated rings. The summed E-state index contributed by atoms with van der Waals surface area (Å²) in [5, 5.41) is 11.2. The van der Waals surface area contributed by atoms with Crippen molar-refractivity contribution < 1.29 is 37.4 Å². The molecule has 27 heavy (non-hydrogen) atoms. The van der Waals surface area contributed by atoms with E-state index in [9.17, 15) is 27.6 Å². The molecule has 2 amide bonds. The van der Waals surface area contributed by atoms with E-state index in [4.69, 9.17) is 9.84 Å². The van der Waals surface area contributed by atoms with Gasteiger partial charge in [-0.1, -0.05) is 12.1 Å². The summed E-state index contributed by atoms with van der Waals surface area (Å²) in [7, 11) is 0. The number of benzene rings is 1. The lowest BCUT2D eigenvalue weighted by Crippen LogP contribution is -2.37. The molecular weight excluding hydrogens is 369 g/mol. The van der Waals surface area contributed by atoms with Crippen LogP contribution in [0.2, 0.25) is 0 Å². The number of alkyl halides is 3. The number of rotatable bonds is 8. The number of carbonyl (C=O) groups is 3. The number of likely N-dealkylation sites (tertiary alicyclic amines) is 1. The summed E-state index contributed by atoms with van der Waals surface area (Å²) >= 11 is 0. The molecule has 10 heteroatoms. The summed E-state index contributed by atoms with van der Waals surface area (Å²) in [4.78, 5) is 34.7. The molecule has 1 aromatic rings. The Balaban J connectivity index is 1.74. The van der Waals surface area contributed by atoms with Gasteiger partial charge in [0.05, 0.1) is 5.92 Å². The molecule has 148 valence electrons. The molecule has 0 aliphatic carbocycles. The summed E-state index contributed by atoms with van der Waals surface area (Å²) in [5.41, 5.74) is 0.860. The highest BCUT2D eigenvalue weighted by Crippen LogP contribution is 2.24.